The molecule has 0 spiro atoms. The molecule has 0 aliphatic rings. The summed E-state index contributed by atoms with van der Waals surface area (Å²) in [7, 11) is 0. The van der Waals surface area contributed by atoms with E-state index in [4.69, 9.17) is 11.6 Å². The highest BCUT2D eigenvalue weighted by molar-refractivity contribution is 14.1. The van der Waals surface area contributed by atoms with Crippen molar-refractivity contribution in [2.75, 3.05) is 12.3 Å². The second kappa shape index (κ2) is 8.66. The fourth-order valence-corrected chi connectivity index (χ4v) is 3.74. The monoisotopic (exact) mass is 431 g/mol. The van der Waals surface area contributed by atoms with E-state index in [9.17, 15) is 4.79 Å². The molecule has 110 valence electrons. The SMILES string of the molecule is O=C(NCCCSc1ccccc1)c1ccc(Cl)cc1I. The molecular formula is C16H15ClINOS. The van der Waals surface area contributed by atoms with Gasteiger partial charge in [0.15, 0.2) is 0 Å². The quantitative estimate of drug-likeness (QED) is 0.402. The Morgan fingerprint density at radius 3 is 2.67 bits per heavy atom. The minimum absolute atomic E-state index is 0.0409. The van der Waals surface area contributed by atoms with Crippen LogP contribution in [0.3, 0.4) is 0 Å². The molecule has 21 heavy (non-hydrogen) atoms. The van der Waals surface area contributed by atoms with Crippen LogP contribution in [0.5, 0.6) is 0 Å². The third-order valence-corrected chi connectivity index (χ3v) is 5.02. The summed E-state index contributed by atoms with van der Waals surface area (Å²) >= 11 is 9.82. The van der Waals surface area contributed by atoms with E-state index in [0.717, 1.165) is 15.7 Å². The Morgan fingerprint density at radius 2 is 1.95 bits per heavy atom. The van der Waals surface area contributed by atoms with Crippen LogP contribution in [-0.2, 0) is 0 Å². The number of amides is 1. The number of halogens is 2. The van der Waals surface area contributed by atoms with Crippen molar-refractivity contribution >= 4 is 51.9 Å². The Bertz CT molecular complexity index is 606. The number of nitrogens with one attached hydrogen (secondary N) is 1. The summed E-state index contributed by atoms with van der Waals surface area (Å²) in [6.45, 7) is 0.678. The lowest BCUT2D eigenvalue weighted by atomic mass is 10.2. The van der Waals surface area contributed by atoms with Crippen molar-refractivity contribution in [1.82, 2.24) is 5.32 Å². The standard InChI is InChI=1S/C16H15ClINOS/c17-12-7-8-14(15(18)11-12)16(20)19-9-4-10-21-13-5-2-1-3-6-13/h1-3,5-8,11H,4,9-10H2,(H,19,20). The average Bonchev–Trinajstić information content (AvgIpc) is 2.47. The minimum Gasteiger partial charge on any atom is -0.352 e. The smallest absolute Gasteiger partial charge is 0.252 e. The summed E-state index contributed by atoms with van der Waals surface area (Å²) in [6, 6.07) is 15.6. The van der Waals surface area contributed by atoms with Gasteiger partial charge < -0.3 is 5.32 Å². The van der Waals surface area contributed by atoms with Crippen LogP contribution < -0.4 is 5.32 Å². The zero-order chi connectivity index (χ0) is 15.1. The van der Waals surface area contributed by atoms with E-state index >= 15 is 0 Å². The van der Waals surface area contributed by atoms with E-state index < -0.39 is 0 Å². The first-order valence-corrected chi connectivity index (χ1v) is 9.02. The van der Waals surface area contributed by atoms with Gasteiger partial charge in [-0.2, -0.15) is 0 Å². The molecule has 5 heteroatoms. The Balaban J connectivity index is 1.72. The zero-order valence-electron chi connectivity index (χ0n) is 11.3. The first-order chi connectivity index (χ1) is 10.2. The average molecular weight is 432 g/mol. The van der Waals surface area contributed by atoms with Gasteiger partial charge in [-0.1, -0.05) is 29.8 Å². The van der Waals surface area contributed by atoms with Crippen molar-refractivity contribution in [2.45, 2.75) is 11.3 Å². The van der Waals surface area contributed by atoms with Gasteiger partial charge in [-0.25, -0.2) is 0 Å². The molecule has 0 heterocycles. The molecular weight excluding hydrogens is 417 g/mol. The maximum atomic E-state index is 12.0. The number of carbonyl (C=O) groups is 1. The van der Waals surface area contributed by atoms with E-state index in [1.54, 1.807) is 30.0 Å². The topological polar surface area (TPSA) is 29.1 Å². The fraction of sp³-hybridized carbons (Fsp3) is 0.188. The van der Waals surface area contributed by atoms with Crippen molar-refractivity contribution < 1.29 is 4.79 Å². The molecule has 0 saturated heterocycles. The molecule has 0 aromatic heterocycles. The van der Waals surface area contributed by atoms with E-state index in [1.807, 2.05) is 18.2 Å². The lowest BCUT2D eigenvalue weighted by Crippen LogP contribution is -2.25. The van der Waals surface area contributed by atoms with Crippen molar-refractivity contribution in [2.24, 2.45) is 0 Å². The van der Waals surface area contributed by atoms with E-state index in [1.165, 1.54) is 4.90 Å². The lowest BCUT2D eigenvalue weighted by molar-refractivity contribution is 0.0953. The van der Waals surface area contributed by atoms with Gasteiger partial charge in [0.25, 0.3) is 5.91 Å². The number of hydrogen-bond donors (Lipinski definition) is 1. The minimum atomic E-state index is -0.0409. The Morgan fingerprint density at radius 1 is 1.19 bits per heavy atom. The van der Waals surface area contributed by atoms with Gasteiger partial charge in [0.05, 0.1) is 5.56 Å². The predicted molar refractivity (Wildman–Crippen MR) is 98.3 cm³/mol. The van der Waals surface area contributed by atoms with E-state index in [-0.39, 0.29) is 5.91 Å². The molecule has 0 aliphatic heterocycles. The van der Waals surface area contributed by atoms with Crippen molar-refractivity contribution in [1.29, 1.82) is 0 Å². The zero-order valence-corrected chi connectivity index (χ0v) is 15.0. The van der Waals surface area contributed by atoms with Crippen LogP contribution in [0.2, 0.25) is 5.02 Å². The molecule has 0 bridgehead atoms. The molecule has 2 aromatic rings. The van der Waals surface area contributed by atoms with Crippen molar-refractivity contribution in [3.63, 3.8) is 0 Å². The third kappa shape index (κ3) is 5.52. The Hall–Kier alpha value is -0.720. The lowest BCUT2D eigenvalue weighted by Gasteiger charge is -2.07. The van der Waals surface area contributed by atoms with Gasteiger partial charge in [0.1, 0.15) is 0 Å². The molecule has 0 saturated carbocycles. The highest BCUT2D eigenvalue weighted by atomic mass is 127. The fourth-order valence-electron chi connectivity index (χ4n) is 1.75. The maximum absolute atomic E-state index is 12.0. The van der Waals surface area contributed by atoms with Gasteiger partial charge in [-0.15, -0.1) is 11.8 Å². The first kappa shape index (κ1) is 16.6. The third-order valence-electron chi connectivity index (χ3n) is 2.79. The van der Waals surface area contributed by atoms with Crippen LogP contribution in [0.1, 0.15) is 16.8 Å². The summed E-state index contributed by atoms with van der Waals surface area (Å²) in [4.78, 5) is 13.3. The maximum Gasteiger partial charge on any atom is 0.252 e. The molecule has 2 aromatic carbocycles. The molecule has 2 nitrogen and oxygen atoms in total. The van der Waals surface area contributed by atoms with Gasteiger partial charge in [0, 0.05) is 20.0 Å². The molecule has 1 N–H and O–H groups in total. The van der Waals surface area contributed by atoms with Crippen LogP contribution in [-0.4, -0.2) is 18.2 Å². The highest BCUT2D eigenvalue weighted by Crippen LogP contribution is 2.19. The Kier molecular flexibility index (Phi) is 6.86. The van der Waals surface area contributed by atoms with Gasteiger partial charge in [-0.3, -0.25) is 4.79 Å². The second-order valence-corrected chi connectivity index (χ2v) is 7.16. The van der Waals surface area contributed by atoms with Crippen molar-refractivity contribution in [3.8, 4) is 0 Å². The van der Waals surface area contributed by atoms with Crippen molar-refractivity contribution in [3.05, 3.63) is 62.7 Å². The summed E-state index contributed by atoms with van der Waals surface area (Å²) in [5.41, 5.74) is 0.677. The summed E-state index contributed by atoms with van der Waals surface area (Å²) < 4.78 is 0.872. The number of hydrogen-bond acceptors (Lipinski definition) is 2. The number of benzene rings is 2. The van der Waals surface area contributed by atoms with Crippen LogP contribution in [0.25, 0.3) is 0 Å². The van der Waals surface area contributed by atoms with Gasteiger partial charge >= 0.3 is 0 Å². The number of thioether (sulfide) groups is 1. The molecule has 0 atom stereocenters. The summed E-state index contributed by atoms with van der Waals surface area (Å²) in [6.07, 6.45) is 0.940. The number of rotatable bonds is 6. The molecule has 0 unspecified atom stereocenters. The number of carbonyl (C=O) groups excluding carboxylic acids is 1. The first-order valence-electron chi connectivity index (χ1n) is 6.58. The molecule has 0 fully saturated rings. The molecule has 0 radical (unpaired) electrons. The Labute approximate surface area is 147 Å². The van der Waals surface area contributed by atoms with Crippen LogP contribution >= 0.6 is 46.0 Å². The molecule has 0 aliphatic carbocycles. The largest absolute Gasteiger partial charge is 0.352 e. The predicted octanol–water partition coefficient (Wildman–Crippen LogP) is 4.86. The summed E-state index contributed by atoms with van der Waals surface area (Å²) in [5.74, 6) is 0.947. The van der Waals surface area contributed by atoms with E-state index in [0.29, 0.717) is 17.1 Å². The van der Waals surface area contributed by atoms with Crippen LogP contribution in [0.15, 0.2) is 53.4 Å². The molecule has 2 rings (SSSR count). The highest BCUT2D eigenvalue weighted by Gasteiger charge is 2.09. The molecule has 1 amide bonds. The van der Waals surface area contributed by atoms with Crippen LogP contribution in [0, 0.1) is 3.57 Å². The second-order valence-electron chi connectivity index (χ2n) is 4.40. The summed E-state index contributed by atoms with van der Waals surface area (Å²) in [5, 5.41) is 3.59. The van der Waals surface area contributed by atoms with E-state index in [2.05, 4.69) is 40.0 Å². The van der Waals surface area contributed by atoms with Crippen LogP contribution in [0.4, 0.5) is 0 Å². The van der Waals surface area contributed by atoms with Gasteiger partial charge in [-0.05, 0) is 65.1 Å². The normalized spacial score (nSPS) is 10.4. The van der Waals surface area contributed by atoms with Gasteiger partial charge in [0.2, 0.25) is 0 Å².